The predicted octanol–water partition coefficient (Wildman–Crippen LogP) is 3.95. The molecule has 0 spiro atoms. The van der Waals surface area contributed by atoms with Crippen molar-refractivity contribution in [3.63, 3.8) is 0 Å². The first-order valence-electron chi connectivity index (χ1n) is 15.8. The molecule has 4 bridgehead atoms. The maximum absolute atomic E-state index is 14.1. The van der Waals surface area contributed by atoms with Crippen LogP contribution in [0.5, 0.6) is 5.75 Å². The smallest absolute Gasteiger partial charge is 0.318 e. The third kappa shape index (κ3) is 6.29. The summed E-state index contributed by atoms with van der Waals surface area (Å²) in [5.74, 6) is 0.655. The lowest BCUT2D eigenvalue weighted by molar-refractivity contribution is -0.138. The molecule has 10 nitrogen and oxygen atoms in total. The molecular formula is C32H44N4O6. The Bertz CT molecular complexity index is 1180. The molecule has 10 heteroatoms. The average Bonchev–Trinajstić information content (AvgIpc) is 3.78. The quantitative estimate of drug-likeness (QED) is 0.521. The highest BCUT2D eigenvalue weighted by molar-refractivity contribution is 5.89. The van der Waals surface area contributed by atoms with E-state index in [-0.39, 0.29) is 36.3 Å². The lowest BCUT2D eigenvalue weighted by atomic mass is 9.96. The second-order valence-corrected chi connectivity index (χ2v) is 12.4. The Labute approximate surface area is 248 Å². The molecule has 4 aliphatic heterocycles. The summed E-state index contributed by atoms with van der Waals surface area (Å²) in [4.78, 5) is 43.1. The highest BCUT2D eigenvalue weighted by Gasteiger charge is 2.43. The van der Waals surface area contributed by atoms with Gasteiger partial charge >= 0.3 is 6.03 Å². The van der Waals surface area contributed by atoms with Crippen molar-refractivity contribution in [2.75, 3.05) is 38.7 Å². The molecule has 2 N–H and O–H groups in total. The minimum atomic E-state index is -0.647. The molecular weight excluding hydrogens is 536 g/mol. The zero-order valence-corrected chi connectivity index (χ0v) is 24.6. The van der Waals surface area contributed by atoms with Gasteiger partial charge in [-0.2, -0.15) is 0 Å². The van der Waals surface area contributed by atoms with Crippen molar-refractivity contribution in [1.29, 1.82) is 0 Å². The highest BCUT2D eigenvalue weighted by atomic mass is 16.5. The van der Waals surface area contributed by atoms with Gasteiger partial charge in [0.05, 0.1) is 25.4 Å². The first-order chi connectivity index (χ1) is 20.5. The fourth-order valence-corrected chi connectivity index (χ4v) is 7.23. The summed E-state index contributed by atoms with van der Waals surface area (Å²) in [7, 11) is 1.65. The first-order valence-corrected chi connectivity index (χ1v) is 15.8. The van der Waals surface area contributed by atoms with Gasteiger partial charge in [-0.3, -0.25) is 4.79 Å². The van der Waals surface area contributed by atoms with Crippen LogP contribution in [-0.4, -0.2) is 91.9 Å². The number of carbonyl (C=O) groups is 3. The van der Waals surface area contributed by atoms with Crippen molar-refractivity contribution in [2.45, 2.75) is 94.7 Å². The monoisotopic (exact) mass is 580 g/mol. The number of hydrogen-bond acceptors (Lipinski definition) is 7. The van der Waals surface area contributed by atoms with Crippen LogP contribution >= 0.6 is 0 Å². The molecule has 3 saturated heterocycles. The number of hydrogen-bond donors (Lipinski definition) is 2. The van der Waals surface area contributed by atoms with Crippen LogP contribution < -0.4 is 15.4 Å². The van der Waals surface area contributed by atoms with Crippen molar-refractivity contribution in [3.8, 4) is 5.75 Å². The van der Waals surface area contributed by atoms with E-state index >= 15 is 0 Å². The van der Waals surface area contributed by atoms with Crippen molar-refractivity contribution in [3.05, 3.63) is 29.3 Å². The van der Waals surface area contributed by atoms with Crippen molar-refractivity contribution in [2.24, 2.45) is 5.92 Å². The Morgan fingerprint density at radius 3 is 2.67 bits per heavy atom. The van der Waals surface area contributed by atoms with Crippen LogP contribution in [0.4, 0.5) is 10.5 Å². The Balaban J connectivity index is 1.26. The van der Waals surface area contributed by atoms with Crippen LogP contribution in [-0.2, 0) is 19.1 Å². The van der Waals surface area contributed by atoms with E-state index in [4.69, 9.17) is 14.2 Å². The normalized spacial score (nSPS) is 31.2. The lowest BCUT2D eigenvalue weighted by Crippen LogP contribution is -2.56. The second-order valence-electron chi connectivity index (χ2n) is 12.4. The molecule has 42 heavy (non-hydrogen) atoms. The van der Waals surface area contributed by atoms with E-state index in [9.17, 15) is 14.4 Å². The van der Waals surface area contributed by atoms with Gasteiger partial charge in [0.2, 0.25) is 5.91 Å². The van der Waals surface area contributed by atoms with E-state index in [1.807, 2.05) is 18.2 Å². The fourth-order valence-electron chi connectivity index (χ4n) is 7.23. The third-order valence-corrected chi connectivity index (χ3v) is 9.61. The van der Waals surface area contributed by atoms with E-state index in [1.54, 1.807) is 16.9 Å². The zero-order valence-electron chi connectivity index (χ0n) is 24.6. The number of anilines is 1. The van der Waals surface area contributed by atoms with E-state index in [0.717, 1.165) is 86.6 Å². The summed E-state index contributed by atoms with van der Waals surface area (Å²) in [5, 5.41) is 6.65. The molecule has 1 aliphatic carbocycles. The average molecular weight is 581 g/mol. The van der Waals surface area contributed by atoms with Crippen molar-refractivity contribution < 1.29 is 28.6 Å². The summed E-state index contributed by atoms with van der Waals surface area (Å²) in [6, 6.07) is 4.53. The van der Waals surface area contributed by atoms with Crippen molar-refractivity contribution >= 4 is 30.0 Å². The molecule has 0 radical (unpaired) electrons. The molecule has 4 fully saturated rings. The molecule has 228 valence electrons. The number of carbonyl (C=O) groups excluding carboxylic acids is 3. The van der Waals surface area contributed by atoms with Crippen LogP contribution in [0.2, 0.25) is 0 Å². The van der Waals surface area contributed by atoms with Gasteiger partial charge in [-0.25, -0.2) is 4.79 Å². The van der Waals surface area contributed by atoms with Crippen LogP contribution in [0, 0.1) is 5.92 Å². The van der Waals surface area contributed by atoms with Crippen LogP contribution in [0.3, 0.4) is 0 Å². The Morgan fingerprint density at radius 2 is 1.86 bits per heavy atom. The van der Waals surface area contributed by atoms with Crippen LogP contribution in [0.25, 0.3) is 6.08 Å². The maximum atomic E-state index is 14.1. The summed E-state index contributed by atoms with van der Waals surface area (Å²) in [6.07, 6.45) is 11.4. The summed E-state index contributed by atoms with van der Waals surface area (Å²) in [6.45, 7) is 2.15. The van der Waals surface area contributed by atoms with E-state index in [0.29, 0.717) is 32.7 Å². The number of nitrogens with one attached hydrogen (secondary N) is 2. The molecule has 1 saturated carbocycles. The number of nitrogens with zero attached hydrogens (tertiary/aromatic N) is 2. The molecule has 3 amide bonds. The Hall–Kier alpha value is -3.11. The molecule has 1 aromatic carbocycles. The molecule has 5 aliphatic rings. The number of amides is 3. The van der Waals surface area contributed by atoms with Gasteiger partial charge in [0.25, 0.3) is 0 Å². The van der Waals surface area contributed by atoms with Gasteiger partial charge in [-0.1, -0.05) is 19.3 Å². The summed E-state index contributed by atoms with van der Waals surface area (Å²) in [5.41, 5.74) is 3.17. The lowest BCUT2D eigenvalue weighted by Gasteiger charge is -2.32. The topological polar surface area (TPSA) is 109 Å². The Kier molecular flexibility index (Phi) is 9.00. The van der Waals surface area contributed by atoms with Gasteiger partial charge in [-0.05, 0) is 73.8 Å². The van der Waals surface area contributed by atoms with E-state index < -0.39 is 12.1 Å². The molecule has 1 aromatic rings. The summed E-state index contributed by atoms with van der Waals surface area (Å²) >= 11 is 0. The number of urea groups is 1. The number of aldehydes is 1. The third-order valence-electron chi connectivity index (χ3n) is 9.61. The molecule has 1 unspecified atom stereocenters. The number of rotatable bonds is 3. The molecule has 4 heterocycles. The van der Waals surface area contributed by atoms with Crippen molar-refractivity contribution in [1.82, 2.24) is 15.1 Å². The number of methoxy groups -OCH3 is 1. The maximum Gasteiger partial charge on any atom is 0.318 e. The second kappa shape index (κ2) is 13.0. The van der Waals surface area contributed by atoms with Crippen LogP contribution in [0.1, 0.15) is 69.8 Å². The van der Waals surface area contributed by atoms with Gasteiger partial charge in [0.15, 0.2) is 6.23 Å². The SMILES string of the molecule is COc1ccc2c(c1)NC1O[C@@H]3C[C@@H](C=O)N(C3)C(=O)[C@H](C3CCCC3)NC(=O)N3CC[C@@H](C3)OCCCCCC1=C2. The predicted molar refractivity (Wildman–Crippen MR) is 158 cm³/mol. The summed E-state index contributed by atoms with van der Waals surface area (Å²) < 4.78 is 18.2. The largest absolute Gasteiger partial charge is 0.497 e. The van der Waals surface area contributed by atoms with Gasteiger partial charge in [0.1, 0.15) is 18.1 Å². The molecule has 6 rings (SSSR count). The molecule has 0 aromatic heterocycles. The van der Waals surface area contributed by atoms with Gasteiger partial charge < -0.3 is 39.4 Å². The number of benzene rings is 1. The zero-order chi connectivity index (χ0) is 29.1. The van der Waals surface area contributed by atoms with E-state index in [2.05, 4.69) is 16.7 Å². The Morgan fingerprint density at radius 1 is 1.00 bits per heavy atom. The molecule has 5 atom stereocenters. The minimum Gasteiger partial charge on any atom is -0.497 e. The van der Waals surface area contributed by atoms with Gasteiger partial charge in [-0.15, -0.1) is 0 Å². The van der Waals surface area contributed by atoms with Gasteiger partial charge in [0, 0.05) is 44.4 Å². The number of ether oxygens (including phenoxy) is 3. The first kappa shape index (κ1) is 29.0. The standard InChI is InChI=1S/C32H44N4O6/c1-40-25-11-10-22-15-23-9-3-2-6-14-41-26-12-13-35(18-26)32(39)34-29(21-7-4-5-8-21)31(38)36-19-27(16-24(36)20-37)42-30(23)33-28(22)17-25/h10-11,15,17,20-21,24,26-27,29-30,33H,2-9,12-14,16,18-19H2,1H3,(H,34,39)/t24-,26-,27+,29-,30?/m0/s1. The minimum absolute atomic E-state index is 0.0220. The van der Waals surface area contributed by atoms with E-state index in [1.165, 1.54) is 0 Å². The highest BCUT2D eigenvalue weighted by Crippen LogP contribution is 2.35. The number of fused-ring (bicyclic) bond motifs is 6. The van der Waals surface area contributed by atoms with Crippen LogP contribution in [0.15, 0.2) is 23.8 Å². The fraction of sp³-hybridized carbons (Fsp3) is 0.656.